The zero-order chi connectivity index (χ0) is 14.7. The van der Waals surface area contributed by atoms with Crippen molar-refractivity contribution in [2.45, 2.75) is 12.5 Å². The third kappa shape index (κ3) is 3.08. The molecule has 1 unspecified atom stereocenters. The monoisotopic (exact) mass is 298 g/mol. The molecule has 2 rings (SSSR count). The lowest BCUT2D eigenvalue weighted by molar-refractivity contribution is 0.168. The molecule has 0 spiro atoms. The summed E-state index contributed by atoms with van der Waals surface area (Å²) in [5.74, 6) is -1.63. The normalized spacial score (nSPS) is 12.2. The smallest absolute Gasteiger partial charge is 0.135 e. The highest BCUT2D eigenvalue weighted by Crippen LogP contribution is 2.29. The summed E-state index contributed by atoms with van der Waals surface area (Å²) in [6.45, 7) is 0. The fourth-order valence-electron chi connectivity index (χ4n) is 1.97. The molecule has 0 fully saturated rings. The van der Waals surface area contributed by atoms with Crippen LogP contribution in [0, 0.1) is 11.6 Å². The molecule has 0 aromatic heterocycles. The lowest BCUT2D eigenvalue weighted by Crippen LogP contribution is -2.08. The first kappa shape index (κ1) is 14.8. The maximum Gasteiger partial charge on any atom is 0.135 e. The van der Waals surface area contributed by atoms with Crippen LogP contribution in [0.3, 0.4) is 0 Å². The van der Waals surface area contributed by atoms with Crippen LogP contribution in [0.25, 0.3) is 0 Å². The zero-order valence-electron chi connectivity index (χ0n) is 10.7. The minimum absolute atomic E-state index is 0.0276. The van der Waals surface area contributed by atoms with Crippen molar-refractivity contribution in [2.24, 2.45) is 0 Å². The molecule has 0 heterocycles. The molecular formula is C15H13ClF2O2. The van der Waals surface area contributed by atoms with E-state index in [9.17, 15) is 13.9 Å². The summed E-state index contributed by atoms with van der Waals surface area (Å²) in [5.41, 5.74) is 0.238. The molecule has 0 radical (unpaired) electrons. The molecule has 2 aromatic carbocycles. The van der Waals surface area contributed by atoms with Gasteiger partial charge < -0.3 is 9.84 Å². The fourth-order valence-corrected chi connectivity index (χ4v) is 2.18. The third-order valence-corrected chi connectivity index (χ3v) is 3.36. The van der Waals surface area contributed by atoms with E-state index >= 15 is 0 Å². The second kappa shape index (κ2) is 6.20. The number of aliphatic hydroxyl groups is 1. The van der Waals surface area contributed by atoms with Crippen molar-refractivity contribution in [1.82, 2.24) is 0 Å². The lowest BCUT2D eigenvalue weighted by Gasteiger charge is -2.15. The molecule has 0 aliphatic rings. The first-order valence-electron chi connectivity index (χ1n) is 5.97. The van der Waals surface area contributed by atoms with Crippen LogP contribution in [0.5, 0.6) is 5.75 Å². The van der Waals surface area contributed by atoms with Gasteiger partial charge in [-0.15, -0.1) is 0 Å². The van der Waals surface area contributed by atoms with Gasteiger partial charge in [-0.3, -0.25) is 0 Å². The van der Waals surface area contributed by atoms with Crippen molar-refractivity contribution in [2.75, 3.05) is 7.11 Å². The predicted molar refractivity (Wildman–Crippen MR) is 73.0 cm³/mol. The second-order valence-electron chi connectivity index (χ2n) is 4.32. The Morgan fingerprint density at radius 1 is 1.20 bits per heavy atom. The number of hydrogen-bond donors (Lipinski definition) is 1. The number of aliphatic hydroxyl groups excluding tert-OH is 1. The Bertz CT molecular complexity index is 594. The predicted octanol–water partition coefficient (Wildman–Crippen LogP) is 3.90. The Hall–Kier alpha value is -1.65. The highest BCUT2D eigenvalue weighted by atomic mass is 35.5. The van der Waals surface area contributed by atoms with Gasteiger partial charge in [-0.2, -0.15) is 0 Å². The molecule has 106 valence electrons. The molecule has 2 nitrogen and oxygen atoms in total. The average Bonchev–Trinajstić information content (AvgIpc) is 2.40. The highest BCUT2D eigenvalue weighted by molar-refractivity contribution is 6.31. The van der Waals surface area contributed by atoms with Crippen LogP contribution in [0.4, 0.5) is 8.78 Å². The summed E-state index contributed by atoms with van der Waals surface area (Å²) in [6.07, 6.45) is -1.29. The van der Waals surface area contributed by atoms with E-state index in [0.29, 0.717) is 10.6 Å². The molecule has 20 heavy (non-hydrogen) atoms. The van der Waals surface area contributed by atoms with Gasteiger partial charge in [0.05, 0.1) is 18.8 Å². The van der Waals surface area contributed by atoms with Gasteiger partial charge in [0.2, 0.25) is 0 Å². The number of methoxy groups -OCH3 is 1. The topological polar surface area (TPSA) is 29.5 Å². The average molecular weight is 299 g/mol. The van der Waals surface area contributed by atoms with E-state index in [4.69, 9.17) is 16.3 Å². The van der Waals surface area contributed by atoms with Crippen LogP contribution in [0.2, 0.25) is 5.02 Å². The summed E-state index contributed by atoms with van der Waals surface area (Å²) < 4.78 is 32.4. The zero-order valence-corrected chi connectivity index (χ0v) is 11.5. The van der Waals surface area contributed by atoms with Crippen LogP contribution in [-0.2, 0) is 6.42 Å². The summed E-state index contributed by atoms with van der Waals surface area (Å²) in [6, 6.07) is 8.92. The Labute approximate surface area is 120 Å². The number of halogens is 3. The quantitative estimate of drug-likeness (QED) is 0.927. The SMILES string of the molecule is COc1cc(F)c(C(O)Cc2ccccc2Cl)c(F)c1. The van der Waals surface area contributed by atoms with E-state index in [1.807, 2.05) is 0 Å². The van der Waals surface area contributed by atoms with Gasteiger partial charge in [0.1, 0.15) is 17.4 Å². The van der Waals surface area contributed by atoms with Crippen molar-refractivity contribution in [1.29, 1.82) is 0 Å². The summed E-state index contributed by atoms with van der Waals surface area (Å²) in [5, 5.41) is 10.5. The molecule has 0 saturated carbocycles. The van der Waals surface area contributed by atoms with Crippen molar-refractivity contribution in [3.8, 4) is 5.75 Å². The van der Waals surface area contributed by atoms with Gasteiger partial charge in [-0.1, -0.05) is 29.8 Å². The van der Waals surface area contributed by atoms with Gasteiger partial charge in [-0.25, -0.2) is 8.78 Å². The van der Waals surface area contributed by atoms with Crippen molar-refractivity contribution in [3.63, 3.8) is 0 Å². The van der Waals surface area contributed by atoms with Gasteiger partial charge in [0.25, 0.3) is 0 Å². The molecule has 0 bridgehead atoms. The van der Waals surface area contributed by atoms with Gasteiger partial charge in [-0.05, 0) is 11.6 Å². The van der Waals surface area contributed by atoms with Crippen molar-refractivity contribution < 1.29 is 18.6 Å². The number of hydrogen-bond acceptors (Lipinski definition) is 2. The first-order valence-corrected chi connectivity index (χ1v) is 6.35. The van der Waals surface area contributed by atoms with Crippen LogP contribution in [-0.4, -0.2) is 12.2 Å². The molecule has 0 saturated heterocycles. The molecular weight excluding hydrogens is 286 g/mol. The molecule has 0 aliphatic carbocycles. The van der Waals surface area contributed by atoms with E-state index < -0.39 is 17.7 Å². The van der Waals surface area contributed by atoms with Crippen LogP contribution in [0.15, 0.2) is 36.4 Å². The molecule has 0 aliphatic heterocycles. The van der Waals surface area contributed by atoms with Gasteiger partial charge >= 0.3 is 0 Å². The molecule has 5 heteroatoms. The standard InChI is InChI=1S/C15H13ClF2O2/c1-20-10-7-12(17)15(13(18)8-10)14(19)6-9-4-2-3-5-11(9)16/h2-5,7-8,14,19H,6H2,1H3. The number of ether oxygens (including phenoxy) is 1. The van der Waals surface area contributed by atoms with Crippen LogP contribution in [0.1, 0.15) is 17.2 Å². The minimum atomic E-state index is -1.32. The summed E-state index contributed by atoms with van der Waals surface area (Å²) in [4.78, 5) is 0. The number of benzene rings is 2. The second-order valence-corrected chi connectivity index (χ2v) is 4.72. The maximum atomic E-state index is 13.8. The van der Waals surface area contributed by atoms with Crippen LogP contribution < -0.4 is 4.74 Å². The van der Waals surface area contributed by atoms with E-state index in [2.05, 4.69) is 0 Å². The Balaban J connectivity index is 2.30. The summed E-state index contributed by atoms with van der Waals surface area (Å²) in [7, 11) is 1.31. The maximum absolute atomic E-state index is 13.8. The van der Waals surface area contributed by atoms with Crippen molar-refractivity contribution >= 4 is 11.6 Å². The summed E-state index contributed by atoms with van der Waals surface area (Å²) >= 11 is 5.96. The highest BCUT2D eigenvalue weighted by Gasteiger charge is 2.20. The Kier molecular flexibility index (Phi) is 4.57. The Morgan fingerprint density at radius 3 is 2.35 bits per heavy atom. The van der Waals surface area contributed by atoms with E-state index in [1.54, 1.807) is 24.3 Å². The van der Waals surface area contributed by atoms with Crippen LogP contribution >= 0.6 is 11.6 Å². The Morgan fingerprint density at radius 2 is 1.80 bits per heavy atom. The third-order valence-electron chi connectivity index (χ3n) is 2.99. The molecule has 2 aromatic rings. The molecule has 1 atom stereocenters. The van der Waals surface area contributed by atoms with E-state index in [0.717, 1.165) is 12.1 Å². The first-order chi connectivity index (χ1) is 9.52. The molecule has 0 amide bonds. The fraction of sp³-hybridized carbons (Fsp3) is 0.200. The lowest BCUT2D eigenvalue weighted by atomic mass is 10.00. The van der Waals surface area contributed by atoms with Crippen molar-refractivity contribution in [3.05, 3.63) is 64.2 Å². The largest absolute Gasteiger partial charge is 0.497 e. The minimum Gasteiger partial charge on any atom is -0.497 e. The van der Waals surface area contributed by atoms with E-state index in [-0.39, 0.29) is 17.7 Å². The van der Waals surface area contributed by atoms with E-state index in [1.165, 1.54) is 7.11 Å². The molecule has 1 N–H and O–H groups in total. The number of rotatable bonds is 4. The van der Waals surface area contributed by atoms with Gasteiger partial charge in [0.15, 0.2) is 0 Å². The van der Waals surface area contributed by atoms with Gasteiger partial charge in [0, 0.05) is 23.6 Å².